The minimum absolute atomic E-state index is 0.228. The van der Waals surface area contributed by atoms with Crippen LogP contribution >= 0.6 is 0 Å². The molecule has 0 amide bonds. The van der Waals surface area contributed by atoms with Gasteiger partial charge in [-0.15, -0.1) is 0 Å². The number of esters is 1. The molecule has 0 aromatic rings. The van der Waals surface area contributed by atoms with Gasteiger partial charge in [-0.1, -0.05) is 40.0 Å². The lowest BCUT2D eigenvalue weighted by molar-refractivity contribution is -0.145. The van der Waals surface area contributed by atoms with Crippen LogP contribution in [0.1, 0.15) is 78.6 Å². The summed E-state index contributed by atoms with van der Waals surface area (Å²) in [5.41, 5.74) is 0. The van der Waals surface area contributed by atoms with Gasteiger partial charge >= 0.3 is 5.97 Å². The molecule has 0 saturated heterocycles. The highest BCUT2D eigenvalue weighted by Crippen LogP contribution is 2.18. The van der Waals surface area contributed by atoms with Crippen LogP contribution < -0.4 is 0 Å². The molecule has 0 radical (unpaired) electrons. The fourth-order valence-corrected chi connectivity index (χ4v) is 2.65. The van der Waals surface area contributed by atoms with E-state index in [4.69, 9.17) is 18.9 Å². The van der Waals surface area contributed by atoms with E-state index in [0.29, 0.717) is 39.1 Å². The number of aliphatic hydroxyl groups is 1. The average Bonchev–Trinajstić information content (AvgIpc) is 2.67. The minimum atomic E-state index is -0.747. The van der Waals surface area contributed by atoms with Crippen LogP contribution in [0.25, 0.3) is 0 Å². The monoisotopic (exact) mass is 390 g/mol. The van der Waals surface area contributed by atoms with Crippen LogP contribution in [0, 0.1) is 0 Å². The van der Waals surface area contributed by atoms with Crippen molar-refractivity contribution >= 4 is 5.97 Å². The van der Waals surface area contributed by atoms with Gasteiger partial charge in [-0.05, 0) is 32.1 Å². The number of unbranched alkanes of at least 4 members (excludes halogenated alkanes) is 3. The quantitative estimate of drug-likeness (QED) is 0.266. The standard InChI is InChI=1S/C21H42O6/c1-5-8-14-25-17-18(22)21(27-16-10-7-3)19(26-15-9-6-2)12-11-13-20(23)24-4/h18-19,21-22H,5-17H2,1-4H3/t18-,19-,21+/m1/s1. The first-order valence-corrected chi connectivity index (χ1v) is 10.7. The van der Waals surface area contributed by atoms with Crippen molar-refractivity contribution < 1.29 is 28.8 Å². The van der Waals surface area contributed by atoms with Gasteiger partial charge in [0.1, 0.15) is 12.2 Å². The molecule has 0 bridgehead atoms. The second-order valence-electron chi connectivity index (χ2n) is 6.92. The summed E-state index contributed by atoms with van der Waals surface area (Å²) in [5, 5.41) is 10.7. The second kappa shape index (κ2) is 18.7. The molecule has 6 nitrogen and oxygen atoms in total. The molecule has 0 saturated carbocycles. The first kappa shape index (κ1) is 26.3. The zero-order valence-electron chi connectivity index (χ0n) is 17.9. The predicted molar refractivity (Wildman–Crippen MR) is 107 cm³/mol. The number of aliphatic hydroxyl groups excluding tert-OH is 1. The number of methoxy groups -OCH3 is 1. The molecule has 0 aromatic heterocycles. The minimum Gasteiger partial charge on any atom is -0.469 e. The molecule has 6 heteroatoms. The molecule has 0 spiro atoms. The average molecular weight is 391 g/mol. The van der Waals surface area contributed by atoms with E-state index in [9.17, 15) is 9.90 Å². The van der Waals surface area contributed by atoms with Gasteiger partial charge < -0.3 is 24.1 Å². The molecule has 0 aliphatic heterocycles. The first-order chi connectivity index (χ1) is 13.1. The fourth-order valence-electron chi connectivity index (χ4n) is 2.65. The third kappa shape index (κ3) is 14.0. The van der Waals surface area contributed by atoms with Gasteiger partial charge in [0.2, 0.25) is 0 Å². The number of rotatable bonds is 19. The Morgan fingerprint density at radius 2 is 1.48 bits per heavy atom. The molecular weight excluding hydrogens is 348 g/mol. The van der Waals surface area contributed by atoms with E-state index in [1.807, 2.05) is 0 Å². The highest BCUT2D eigenvalue weighted by molar-refractivity contribution is 5.68. The third-order valence-electron chi connectivity index (χ3n) is 4.41. The van der Waals surface area contributed by atoms with Gasteiger partial charge in [0.05, 0.1) is 19.8 Å². The van der Waals surface area contributed by atoms with E-state index in [1.165, 1.54) is 7.11 Å². The van der Waals surface area contributed by atoms with Crippen molar-refractivity contribution in [1.29, 1.82) is 0 Å². The van der Waals surface area contributed by atoms with Gasteiger partial charge in [0.25, 0.3) is 0 Å². The van der Waals surface area contributed by atoms with E-state index in [1.54, 1.807) is 0 Å². The zero-order valence-corrected chi connectivity index (χ0v) is 17.9. The second-order valence-corrected chi connectivity index (χ2v) is 6.92. The predicted octanol–water partition coefficient (Wildman–Crippen LogP) is 3.88. The SMILES string of the molecule is CCCCOC[C@@H](O)[C@H](OCCCC)[C@@H](CCCC(=O)OC)OCCCC. The Balaban J connectivity index is 4.82. The Labute approximate surface area is 165 Å². The Morgan fingerprint density at radius 3 is 2.07 bits per heavy atom. The molecule has 0 fully saturated rings. The molecule has 0 aliphatic carbocycles. The number of ether oxygens (including phenoxy) is 4. The molecule has 0 rings (SSSR count). The van der Waals surface area contributed by atoms with Gasteiger partial charge in [-0.3, -0.25) is 4.79 Å². The summed E-state index contributed by atoms with van der Waals surface area (Å²) in [5.74, 6) is -0.228. The fraction of sp³-hybridized carbons (Fsp3) is 0.952. The van der Waals surface area contributed by atoms with Crippen molar-refractivity contribution in [2.45, 2.75) is 96.9 Å². The molecule has 1 N–H and O–H groups in total. The largest absolute Gasteiger partial charge is 0.469 e. The summed E-state index contributed by atoms with van der Waals surface area (Å²) in [7, 11) is 1.39. The van der Waals surface area contributed by atoms with Crippen molar-refractivity contribution in [3.8, 4) is 0 Å². The van der Waals surface area contributed by atoms with E-state index < -0.39 is 12.2 Å². The Bertz CT molecular complexity index is 337. The lowest BCUT2D eigenvalue weighted by Crippen LogP contribution is -2.44. The van der Waals surface area contributed by atoms with Gasteiger partial charge in [0.15, 0.2) is 0 Å². The number of carbonyl (C=O) groups excluding carboxylic acids is 1. The van der Waals surface area contributed by atoms with Crippen molar-refractivity contribution in [3.63, 3.8) is 0 Å². The van der Waals surface area contributed by atoms with Crippen LogP contribution in [0.2, 0.25) is 0 Å². The maximum absolute atomic E-state index is 11.4. The summed E-state index contributed by atoms with van der Waals surface area (Å²) in [6, 6.07) is 0. The molecule has 0 heterocycles. The highest BCUT2D eigenvalue weighted by Gasteiger charge is 2.30. The maximum Gasteiger partial charge on any atom is 0.305 e. The van der Waals surface area contributed by atoms with Crippen molar-refractivity contribution in [2.24, 2.45) is 0 Å². The lowest BCUT2D eigenvalue weighted by Gasteiger charge is -2.31. The van der Waals surface area contributed by atoms with Crippen molar-refractivity contribution in [3.05, 3.63) is 0 Å². The number of hydrogen-bond donors (Lipinski definition) is 1. The normalized spacial score (nSPS) is 14.7. The summed E-state index contributed by atoms with van der Waals surface area (Å²) < 4.78 is 22.4. The Morgan fingerprint density at radius 1 is 0.889 bits per heavy atom. The van der Waals surface area contributed by atoms with Gasteiger partial charge in [0, 0.05) is 26.2 Å². The molecule has 162 valence electrons. The maximum atomic E-state index is 11.4. The van der Waals surface area contributed by atoms with E-state index in [2.05, 4.69) is 20.8 Å². The molecule has 3 atom stereocenters. The Hall–Kier alpha value is -0.690. The van der Waals surface area contributed by atoms with Gasteiger partial charge in [-0.2, -0.15) is 0 Å². The van der Waals surface area contributed by atoms with Crippen molar-refractivity contribution in [2.75, 3.05) is 33.5 Å². The van der Waals surface area contributed by atoms with Crippen LogP contribution in [-0.4, -0.2) is 62.9 Å². The van der Waals surface area contributed by atoms with E-state index in [0.717, 1.165) is 38.5 Å². The zero-order chi connectivity index (χ0) is 20.3. The molecule has 0 unspecified atom stereocenters. The summed E-state index contributed by atoms with van der Waals surface area (Å²) in [6.45, 7) is 8.40. The highest BCUT2D eigenvalue weighted by atomic mass is 16.6. The summed E-state index contributed by atoms with van der Waals surface area (Å²) in [4.78, 5) is 11.4. The molecule has 27 heavy (non-hydrogen) atoms. The lowest BCUT2D eigenvalue weighted by atomic mass is 10.0. The summed E-state index contributed by atoms with van der Waals surface area (Å²) >= 11 is 0. The van der Waals surface area contributed by atoms with Crippen LogP contribution in [-0.2, 0) is 23.7 Å². The first-order valence-electron chi connectivity index (χ1n) is 10.7. The molecule has 0 aromatic carbocycles. The molecule has 0 aliphatic rings. The third-order valence-corrected chi connectivity index (χ3v) is 4.41. The van der Waals surface area contributed by atoms with Crippen molar-refractivity contribution in [1.82, 2.24) is 0 Å². The van der Waals surface area contributed by atoms with Gasteiger partial charge in [-0.25, -0.2) is 0 Å². The van der Waals surface area contributed by atoms with Crippen LogP contribution in [0.4, 0.5) is 0 Å². The van der Waals surface area contributed by atoms with E-state index in [-0.39, 0.29) is 18.7 Å². The summed E-state index contributed by atoms with van der Waals surface area (Å²) in [6.07, 6.45) is 6.16. The Kier molecular flexibility index (Phi) is 18.2. The number of hydrogen-bond acceptors (Lipinski definition) is 6. The van der Waals surface area contributed by atoms with Crippen LogP contribution in [0.15, 0.2) is 0 Å². The molecular formula is C21H42O6. The van der Waals surface area contributed by atoms with Crippen LogP contribution in [0.3, 0.4) is 0 Å². The van der Waals surface area contributed by atoms with E-state index >= 15 is 0 Å². The number of carbonyl (C=O) groups is 1. The topological polar surface area (TPSA) is 74.2 Å². The smallest absolute Gasteiger partial charge is 0.305 e. The van der Waals surface area contributed by atoms with Crippen LogP contribution in [0.5, 0.6) is 0 Å².